The van der Waals surface area contributed by atoms with Gasteiger partial charge in [-0.3, -0.25) is 0 Å². The third kappa shape index (κ3) is 3.95. The van der Waals surface area contributed by atoms with Crippen LogP contribution < -0.4 is 0 Å². The van der Waals surface area contributed by atoms with E-state index in [4.69, 9.17) is 9.68 Å². The zero-order valence-electron chi connectivity index (χ0n) is 13.6. The highest BCUT2D eigenvalue weighted by Gasteiger charge is 2.22. The lowest BCUT2D eigenvalue weighted by molar-refractivity contribution is 0.445. The Balaban J connectivity index is 2.33. The van der Waals surface area contributed by atoms with Crippen LogP contribution in [0.2, 0.25) is 0 Å². The summed E-state index contributed by atoms with van der Waals surface area (Å²) in [5, 5.41) is 16.6. The molecule has 0 aliphatic rings. The molecule has 2 aromatic rings. The fraction of sp³-hybridized carbons (Fsp3) is 0.400. The minimum absolute atomic E-state index is 0.182. The van der Waals surface area contributed by atoms with Crippen LogP contribution in [0, 0.1) is 11.3 Å². The molecule has 0 spiro atoms. The lowest BCUT2D eigenvalue weighted by Crippen LogP contribution is -2.30. The van der Waals surface area contributed by atoms with Crippen molar-refractivity contribution < 1.29 is 12.8 Å². The van der Waals surface area contributed by atoms with E-state index >= 15 is 0 Å². The molecule has 9 heteroatoms. The summed E-state index contributed by atoms with van der Waals surface area (Å²) in [6.07, 6.45) is 0. The van der Waals surface area contributed by atoms with Crippen LogP contribution in [-0.4, -0.2) is 41.3 Å². The number of benzene rings is 1. The molecule has 0 aliphatic carbocycles. The van der Waals surface area contributed by atoms with E-state index in [1.54, 1.807) is 39.0 Å². The minimum Gasteiger partial charge on any atom is -0.411 e. The summed E-state index contributed by atoms with van der Waals surface area (Å²) in [4.78, 5) is 0.182. The highest BCUT2D eigenvalue weighted by atomic mass is 32.2. The lowest BCUT2D eigenvalue weighted by atomic mass is 10.2. The minimum atomic E-state index is -3.55. The Labute approximate surface area is 145 Å². The van der Waals surface area contributed by atoms with Crippen LogP contribution in [0.4, 0.5) is 0 Å². The smallest absolute Gasteiger partial charge is 0.278 e. The summed E-state index contributed by atoms with van der Waals surface area (Å²) < 4.78 is 32.1. The van der Waals surface area contributed by atoms with Crippen molar-refractivity contribution in [1.82, 2.24) is 14.5 Å². The Hall–Kier alpha value is -1.89. The number of nitrogens with zero attached hydrogens (tertiary/aromatic N) is 4. The summed E-state index contributed by atoms with van der Waals surface area (Å²) in [5.74, 6) is 0.222. The van der Waals surface area contributed by atoms with Crippen LogP contribution >= 0.6 is 11.8 Å². The molecule has 0 saturated heterocycles. The molecule has 0 N–H and O–H groups in total. The summed E-state index contributed by atoms with van der Waals surface area (Å²) >= 11 is 1.15. The monoisotopic (exact) mass is 366 g/mol. The molecular weight excluding hydrogens is 348 g/mol. The average Bonchev–Trinajstić information content (AvgIpc) is 3.04. The third-order valence-corrected chi connectivity index (χ3v) is 6.16. The van der Waals surface area contributed by atoms with Gasteiger partial charge in [-0.05, 0) is 36.9 Å². The molecule has 1 atom stereocenters. The molecule has 0 bridgehead atoms. The fourth-order valence-electron chi connectivity index (χ4n) is 2.05. The van der Waals surface area contributed by atoms with E-state index in [9.17, 15) is 8.42 Å². The van der Waals surface area contributed by atoms with Crippen LogP contribution in [-0.2, 0) is 10.0 Å². The first kappa shape index (κ1) is 18.4. The molecule has 1 aromatic carbocycles. The van der Waals surface area contributed by atoms with E-state index < -0.39 is 10.0 Å². The van der Waals surface area contributed by atoms with E-state index in [1.165, 1.54) is 10.4 Å². The molecule has 1 heterocycles. The van der Waals surface area contributed by atoms with Crippen molar-refractivity contribution in [2.45, 2.75) is 36.1 Å². The van der Waals surface area contributed by atoms with Crippen molar-refractivity contribution in [2.24, 2.45) is 0 Å². The summed E-state index contributed by atoms with van der Waals surface area (Å²) in [7, 11) is -3.55. The van der Waals surface area contributed by atoms with Crippen molar-refractivity contribution in [3.63, 3.8) is 0 Å². The van der Waals surface area contributed by atoms with E-state index in [1.807, 2.05) is 0 Å². The largest absolute Gasteiger partial charge is 0.411 e. The molecule has 2 rings (SSSR count). The Kier molecular flexibility index (Phi) is 5.99. The Bertz CT molecular complexity index is 838. The van der Waals surface area contributed by atoms with Gasteiger partial charge in [-0.1, -0.05) is 19.9 Å². The van der Waals surface area contributed by atoms with Gasteiger partial charge in [-0.2, -0.15) is 9.57 Å². The highest BCUT2D eigenvalue weighted by Crippen LogP contribution is 2.27. The van der Waals surface area contributed by atoms with E-state index in [2.05, 4.69) is 16.3 Å². The molecule has 0 amide bonds. The van der Waals surface area contributed by atoms with Gasteiger partial charge in [0.2, 0.25) is 15.9 Å². The SMILES string of the molecule is CCN(CC)S(=O)(=O)c1cccc(-c2nnc(S[C@@H](C)C#N)o2)c1. The van der Waals surface area contributed by atoms with E-state index in [0.29, 0.717) is 18.7 Å². The van der Waals surface area contributed by atoms with Gasteiger partial charge in [0.25, 0.3) is 5.22 Å². The predicted octanol–water partition coefficient (Wildman–Crippen LogP) is 2.77. The maximum Gasteiger partial charge on any atom is 0.278 e. The molecule has 24 heavy (non-hydrogen) atoms. The number of hydrogen-bond donors (Lipinski definition) is 0. The van der Waals surface area contributed by atoms with Gasteiger partial charge in [0.05, 0.1) is 16.2 Å². The van der Waals surface area contributed by atoms with Gasteiger partial charge >= 0.3 is 0 Å². The summed E-state index contributed by atoms with van der Waals surface area (Å²) in [6.45, 7) is 6.12. The van der Waals surface area contributed by atoms with Crippen LogP contribution in [0.5, 0.6) is 0 Å². The first-order valence-electron chi connectivity index (χ1n) is 7.42. The number of rotatable bonds is 7. The Morgan fingerprint density at radius 2 is 2.04 bits per heavy atom. The van der Waals surface area contributed by atoms with Crippen LogP contribution in [0.1, 0.15) is 20.8 Å². The van der Waals surface area contributed by atoms with Gasteiger partial charge < -0.3 is 4.42 Å². The number of sulfonamides is 1. The van der Waals surface area contributed by atoms with Gasteiger partial charge in [0.1, 0.15) is 0 Å². The van der Waals surface area contributed by atoms with E-state index in [0.717, 1.165) is 11.8 Å². The molecule has 128 valence electrons. The Morgan fingerprint density at radius 1 is 1.33 bits per heavy atom. The van der Waals surface area contributed by atoms with Gasteiger partial charge in [-0.15, -0.1) is 10.2 Å². The van der Waals surface area contributed by atoms with E-state index in [-0.39, 0.29) is 21.3 Å². The topological polar surface area (TPSA) is 100 Å². The van der Waals surface area contributed by atoms with Crippen molar-refractivity contribution >= 4 is 21.8 Å². The fourth-order valence-corrected chi connectivity index (χ4v) is 4.13. The second-order valence-electron chi connectivity index (χ2n) is 4.88. The maximum atomic E-state index is 12.6. The van der Waals surface area contributed by atoms with Gasteiger partial charge in [0, 0.05) is 18.7 Å². The summed E-state index contributed by atoms with van der Waals surface area (Å²) in [5.41, 5.74) is 0.521. The molecule has 1 aromatic heterocycles. The molecule has 0 unspecified atom stereocenters. The number of nitriles is 1. The molecule has 0 radical (unpaired) electrons. The van der Waals surface area contributed by atoms with Crippen LogP contribution in [0.3, 0.4) is 0 Å². The van der Waals surface area contributed by atoms with Crippen molar-refractivity contribution in [1.29, 1.82) is 5.26 Å². The van der Waals surface area contributed by atoms with Gasteiger partial charge in [-0.25, -0.2) is 8.42 Å². The Morgan fingerprint density at radius 3 is 2.67 bits per heavy atom. The standard InChI is InChI=1S/C15H18N4O3S2/c1-4-19(5-2)24(20,21)13-8-6-7-12(9-13)14-17-18-15(22-14)23-11(3)10-16/h6-9,11H,4-5H2,1-3H3/t11-/m0/s1. The van der Waals surface area contributed by atoms with Crippen molar-refractivity contribution in [3.05, 3.63) is 24.3 Å². The van der Waals surface area contributed by atoms with Crippen molar-refractivity contribution in [3.8, 4) is 17.5 Å². The quantitative estimate of drug-likeness (QED) is 0.695. The predicted molar refractivity (Wildman–Crippen MR) is 90.8 cm³/mol. The highest BCUT2D eigenvalue weighted by molar-refractivity contribution is 7.99. The number of hydrogen-bond acceptors (Lipinski definition) is 7. The first-order chi connectivity index (χ1) is 11.4. The molecular formula is C15H18N4O3S2. The third-order valence-electron chi connectivity index (χ3n) is 3.29. The normalized spacial score (nSPS) is 13.0. The molecule has 0 saturated carbocycles. The first-order valence-corrected chi connectivity index (χ1v) is 9.74. The second-order valence-corrected chi connectivity index (χ2v) is 8.11. The zero-order valence-corrected chi connectivity index (χ0v) is 15.3. The molecule has 7 nitrogen and oxygen atoms in total. The van der Waals surface area contributed by atoms with Crippen LogP contribution in [0.15, 0.2) is 38.8 Å². The molecule has 0 fully saturated rings. The second kappa shape index (κ2) is 7.79. The lowest BCUT2D eigenvalue weighted by Gasteiger charge is -2.18. The number of thioether (sulfide) groups is 1. The van der Waals surface area contributed by atoms with Crippen LogP contribution in [0.25, 0.3) is 11.5 Å². The molecule has 0 aliphatic heterocycles. The summed E-state index contributed by atoms with van der Waals surface area (Å²) in [6, 6.07) is 8.47. The number of aromatic nitrogens is 2. The maximum absolute atomic E-state index is 12.6. The van der Waals surface area contributed by atoms with Crippen molar-refractivity contribution in [2.75, 3.05) is 13.1 Å². The zero-order chi connectivity index (χ0) is 17.7. The van der Waals surface area contributed by atoms with Gasteiger partial charge in [0.15, 0.2) is 0 Å². The average molecular weight is 366 g/mol.